The maximum absolute atomic E-state index is 5.58. The predicted octanol–water partition coefficient (Wildman–Crippen LogP) is 3.89. The number of rotatable bonds is 8. The van der Waals surface area contributed by atoms with Gasteiger partial charge in [0.25, 0.3) is 0 Å². The van der Waals surface area contributed by atoms with Gasteiger partial charge in [0.1, 0.15) is 0 Å². The normalized spacial score (nSPS) is 26.0. The van der Waals surface area contributed by atoms with E-state index in [0.717, 1.165) is 13.0 Å². The third-order valence-corrected chi connectivity index (χ3v) is 2.94. The monoisotopic (exact) mass is 214 g/mol. The van der Waals surface area contributed by atoms with Gasteiger partial charge in [-0.3, -0.25) is 0 Å². The van der Waals surface area contributed by atoms with Gasteiger partial charge in [0.15, 0.2) is 6.29 Å². The van der Waals surface area contributed by atoms with E-state index in [4.69, 9.17) is 9.47 Å². The van der Waals surface area contributed by atoms with Crippen molar-refractivity contribution in [2.45, 2.75) is 77.6 Å². The lowest BCUT2D eigenvalue weighted by Crippen LogP contribution is -2.08. The molecule has 0 spiro atoms. The van der Waals surface area contributed by atoms with Crippen LogP contribution in [0.1, 0.15) is 65.2 Å². The summed E-state index contributed by atoms with van der Waals surface area (Å²) in [5.41, 5.74) is 0. The second kappa shape index (κ2) is 8.12. The first-order valence-electron chi connectivity index (χ1n) is 6.60. The van der Waals surface area contributed by atoms with E-state index in [-0.39, 0.29) is 6.29 Å². The van der Waals surface area contributed by atoms with E-state index in [9.17, 15) is 0 Å². The fourth-order valence-corrected chi connectivity index (χ4v) is 2.00. The third kappa shape index (κ3) is 6.16. The molecule has 0 aromatic carbocycles. The van der Waals surface area contributed by atoms with Gasteiger partial charge >= 0.3 is 0 Å². The van der Waals surface area contributed by atoms with Gasteiger partial charge in [-0.1, -0.05) is 45.4 Å². The van der Waals surface area contributed by atoms with E-state index < -0.39 is 0 Å². The maximum Gasteiger partial charge on any atom is 0.158 e. The van der Waals surface area contributed by atoms with Crippen LogP contribution in [0.5, 0.6) is 0 Å². The molecule has 1 aliphatic rings. The number of ether oxygens (including phenoxy) is 2. The van der Waals surface area contributed by atoms with Gasteiger partial charge < -0.3 is 9.47 Å². The Kier molecular flexibility index (Phi) is 7.03. The Balaban J connectivity index is 1.81. The zero-order valence-corrected chi connectivity index (χ0v) is 10.3. The molecule has 1 rings (SSSR count). The van der Waals surface area contributed by atoms with Crippen molar-refractivity contribution in [1.82, 2.24) is 0 Å². The summed E-state index contributed by atoms with van der Waals surface area (Å²) in [7, 11) is 0. The summed E-state index contributed by atoms with van der Waals surface area (Å²) in [4.78, 5) is 0. The van der Waals surface area contributed by atoms with Crippen molar-refractivity contribution in [2.75, 3.05) is 6.61 Å². The summed E-state index contributed by atoms with van der Waals surface area (Å²) in [6.45, 7) is 5.11. The molecule has 0 radical (unpaired) electrons. The molecule has 0 aromatic heterocycles. The van der Waals surface area contributed by atoms with Crippen molar-refractivity contribution in [2.24, 2.45) is 0 Å². The topological polar surface area (TPSA) is 18.5 Å². The van der Waals surface area contributed by atoms with E-state index in [2.05, 4.69) is 13.8 Å². The summed E-state index contributed by atoms with van der Waals surface area (Å²) in [6.07, 6.45) is 11.0. The second-order valence-electron chi connectivity index (χ2n) is 4.62. The minimum Gasteiger partial charge on any atom is -0.350 e. The standard InChI is InChI=1S/C13H26O2/c1-3-4-5-6-7-8-9-10-13-14-11-12(2)15-13/h12-13H,3-11H2,1-2H3. The highest BCUT2D eigenvalue weighted by Gasteiger charge is 2.21. The van der Waals surface area contributed by atoms with Gasteiger partial charge in [-0.15, -0.1) is 0 Å². The molecule has 2 atom stereocenters. The fourth-order valence-electron chi connectivity index (χ4n) is 2.00. The van der Waals surface area contributed by atoms with Crippen LogP contribution < -0.4 is 0 Å². The molecule has 2 unspecified atom stereocenters. The van der Waals surface area contributed by atoms with E-state index in [1.54, 1.807) is 0 Å². The average Bonchev–Trinajstić information content (AvgIpc) is 2.63. The zero-order valence-electron chi connectivity index (χ0n) is 10.3. The Labute approximate surface area is 94.3 Å². The van der Waals surface area contributed by atoms with E-state index in [1.807, 2.05) is 0 Å². The van der Waals surface area contributed by atoms with Gasteiger partial charge in [-0.25, -0.2) is 0 Å². The van der Waals surface area contributed by atoms with Crippen LogP contribution in [-0.2, 0) is 9.47 Å². The molecule has 1 heterocycles. The van der Waals surface area contributed by atoms with Crippen LogP contribution in [0.25, 0.3) is 0 Å². The molecule has 1 fully saturated rings. The van der Waals surface area contributed by atoms with Crippen molar-refractivity contribution in [3.8, 4) is 0 Å². The van der Waals surface area contributed by atoms with Gasteiger partial charge in [-0.05, 0) is 19.8 Å². The lowest BCUT2D eigenvalue weighted by Gasteiger charge is -2.09. The Hall–Kier alpha value is -0.0800. The van der Waals surface area contributed by atoms with E-state index in [0.29, 0.717) is 6.10 Å². The summed E-state index contributed by atoms with van der Waals surface area (Å²) >= 11 is 0. The number of hydrogen-bond donors (Lipinski definition) is 0. The molecule has 0 amide bonds. The largest absolute Gasteiger partial charge is 0.350 e. The summed E-state index contributed by atoms with van der Waals surface area (Å²) in [6, 6.07) is 0. The molecule has 0 aromatic rings. The molecule has 0 N–H and O–H groups in total. The van der Waals surface area contributed by atoms with Gasteiger partial charge in [0, 0.05) is 0 Å². The van der Waals surface area contributed by atoms with Crippen LogP contribution in [0, 0.1) is 0 Å². The second-order valence-corrected chi connectivity index (χ2v) is 4.62. The van der Waals surface area contributed by atoms with Crippen LogP contribution in [0.4, 0.5) is 0 Å². The van der Waals surface area contributed by atoms with Crippen molar-refractivity contribution in [1.29, 1.82) is 0 Å². The molecule has 1 aliphatic heterocycles. The average molecular weight is 214 g/mol. The predicted molar refractivity (Wildman–Crippen MR) is 62.9 cm³/mol. The molecule has 0 bridgehead atoms. The first kappa shape index (κ1) is 13.0. The van der Waals surface area contributed by atoms with Gasteiger partial charge in [0.05, 0.1) is 12.7 Å². The molecular formula is C13H26O2. The Morgan fingerprint density at radius 2 is 1.67 bits per heavy atom. The SMILES string of the molecule is CCCCCCCCCC1OCC(C)O1. The van der Waals surface area contributed by atoms with Crippen molar-refractivity contribution in [3.05, 3.63) is 0 Å². The highest BCUT2D eigenvalue weighted by molar-refractivity contribution is 4.60. The van der Waals surface area contributed by atoms with Crippen molar-refractivity contribution >= 4 is 0 Å². The molecule has 0 saturated carbocycles. The molecule has 0 aliphatic carbocycles. The summed E-state index contributed by atoms with van der Waals surface area (Å²) < 4.78 is 11.1. The van der Waals surface area contributed by atoms with Gasteiger partial charge in [-0.2, -0.15) is 0 Å². The third-order valence-electron chi connectivity index (χ3n) is 2.94. The van der Waals surface area contributed by atoms with Crippen LogP contribution in [-0.4, -0.2) is 19.0 Å². The molecule has 15 heavy (non-hydrogen) atoms. The molecule has 2 heteroatoms. The minimum absolute atomic E-state index is 0.0932. The van der Waals surface area contributed by atoms with Crippen molar-refractivity contribution in [3.63, 3.8) is 0 Å². The van der Waals surface area contributed by atoms with Crippen LogP contribution in [0.2, 0.25) is 0 Å². The Bertz CT molecular complexity index is 147. The highest BCUT2D eigenvalue weighted by Crippen LogP contribution is 2.17. The lowest BCUT2D eigenvalue weighted by atomic mass is 10.1. The smallest absolute Gasteiger partial charge is 0.158 e. The van der Waals surface area contributed by atoms with Crippen LogP contribution >= 0.6 is 0 Å². The minimum atomic E-state index is 0.0932. The Morgan fingerprint density at radius 1 is 1.00 bits per heavy atom. The number of unbranched alkanes of at least 4 members (excludes halogenated alkanes) is 6. The molecule has 90 valence electrons. The van der Waals surface area contributed by atoms with E-state index in [1.165, 1.54) is 44.9 Å². The summed E-state index contributed by atoms with van der Waals surface area (Å²) in [5, 5.41) is 0. The molecule has 1 saturated heterocycles. The Morgan fingerprint density at radius 3 is 2.27 bits per heavy atom. The first-order chi connectivity index (χ1) is 7.33. The molecule has 2 nitrogen and oxygen atoms in total. The van der Waals surface area contributed by atoms with E-state index >= 15 is 0 Å². The quantitative estimate of drug-likeness (QED) is 0.571. The first-order valence-corrected chi connectivity index (χ1v) is 6.60. The zero-order chi connectivity index (χ0) is 10.9. The fraction of sp³-hybridized carbons (Fsp3) is 1.00. The molecular weight excluding hydrogens is 188 g/mol. The number of hydrogen-bond acceptors (Lipinski definition) is 2. The van der Waals surface area contributed by atoms with Crippen molar-refractivity contribution < 1.29 is 9.47 Å². The van der Waals surface area contributed by atoms with Crippen LogP contribution in [0.3, 0.4) is 0 Å². The maximum atomic E-state index is 5.58. The highest BCUT2D eigenvalue weighted by atomic mass is 16.7. The van der Waals surface area contributed by atoms with Crippen LogP contribution in [0.15, 0.2) is 0 Å². The van der Waals surface area contributed by atoms with Gasteiger partial charge in [0.2, 0.25) is 0 Å². The summed E-state index contributed by atoms with van der Waals surface area (Å²) in [5.74, 6) is 0. The lowest BCUT2D eigenvalue weighted by molar-refractivity contribution is -0.0604.